The second kappa shape index (κ2) is 5.96. The lowest BCUT2D eigenvalue weighted by molar-refractivity contribution is 0.0989. The Morgan fingerprint density at radius 3 is 2.19 bits per heavy atom. The first kappa shape index (κ1) is 14.4. The van der Waals surface area contributed by atoms with Gasteiger partial charge in [-0.15, -0.1) is 0 Å². The van der Waals surface area contributed by atoms with Gasteiger partial charge in [0, 0.05) is 11.3 Å². The normalized spacial score (nSPS) is 10.1. The van der Waals surface area contributed by atoms with Gasteiger partial charge in [-0.25, -0.2) is 0 Å². The fourth-order valence-corrected chi connectivity index (χ4v) is 1.79. The van der Waals surface area contributed by atoms with E-state index in [-0.39, 0.29) is 12.2 Å². The molecule has 0 fully saturated rings. The average molecular weight is 285 g/mol. The van der Waals surface area contributed by atoms with Crippen LogP contribution in [0.4, 0.5) is 5.69 Å². The molecule has 2 amide bonds. The number of benzene rings is 2. The van der Waals surface area contributed by atoms with Crippen LogP contribution >= 0.6 is 0 Å². The van der Waals surface area contributed by atoms with Gasteiger partial charge in [0.2, 0.25) is 5.91 Å². The van der Waals surface area contributed by atoms with E-state index in [0.29, 0.717) is 17.0 Å². The molecule has 6 N–H and O–H groups in total. The van der Waals surface area contributed by atoms with Crippen molar-refractivity contribution >= 4 is 17.5 Å². The Hall–Kier alpha value is -3.02. The molecule has 0 saturated carbocycles. The van der Waals surface area contributed by atoms with Crippen molar-refractivity contribution in [3.05, 3.63) is 59.2 Å². The minimum absolute atomic E-state index is 0.225. The van der Waals surface area contributed by atoms with E-state index in [1.807, 2.05) is 0 Å². The minimum atomic E-state index is -0.610. The predicted molar refractivity (Wildman–Crippen MR) is 78.7 cm³/mol. The van der Waals surface area contributed by atoms with Crippen LogP contribution in [0.2, 0.25) is 0 Å². The second-order valence-corrected chi connectivity index (χ2v) is 4.47. The molecular weight excluding hydrogens is 270 g/mol. The molecule has 0 aromatic heterocycles. The summed E-state index contributed by atoms with van der Waals surface area (Å²) in [5.74, 6) is -0.742. The molecule has 0 aliphatic carbocycles. The van der Waals surface area contributed by atoms with Crippen LogP contribution in [0.25, 0.3) is 0 Å². The first-order valence-corrected chi connectivity index (χ1v) is 6.18. The molecule has 6 nitrogen and oxygen atoms in total. The number of hydrogen-bond acceptors (Lipinski definition) is 4. The molecule has 0 radical (unpaired) electrons. The molecule has 21 heavy (non-hydrogen) atoms. The summed E-state index contributed by atoms with van der Waals surface area (Å²) in [5.41, 5.74) is 18.0. The molecule has 0 spiro atoms. The summed E-state index contributed by atoms with van der Waals surface area (Å²) in [5, 5.41) is 0. The van der Waals surface area contributed by atoms with Gasteiger partial charge in [-0.2, -0.15) is 0 Å². The van der Waals surface area contributed by atoms with Crippen molar-refractivity contribution in [2.45, 2.75) is 6.61 Å². The summed E-state index contributed by atoms with van der Waals surface area (Å²) >= 11 is 0. The highest BCUT2D eigenvalue weighted by Gasteiger charge is 2.10. The topological polar surface area (TPSA) is 121 Å². The Kier molecular flexibility index (Phi) is 4.08. The monoisotopic (exact) mass is 285 g/mol. The number of hydrogen-bond donors (Lipinski definition) is 3. The Balaban J connectivity index is 2.13. The molecule has 2 aromatic carbocycles. The van der Waals surface area contributed by atoms with Crippen LogP contribution < -0.4 is 21.9 Å². The third kappa shape index (κ3) is 3.50. The highest BCUT2D eigenvalue weighted by Crippen LogP contribution is 2.22. The minimum Gasteiger partial charge on any atom is -0.488 e. The van der Waals surface area contributed by atoms with Gasteiger partial charge in [-0.05, 0) is 35.9 Å². The number of nitrogen functional groups attached to an aromatic ring is 1. The van der Waals surface area contributed by atoms with Crippen LogP contribution in [0, 0.1) is 0 Å². The van der Waals surface area contributed by atoms with Gasteiger partial charge in [0.1, 0.15) is 12.4 Å². The number of amides is 2. The molecule has 0 aliphatic heterocycles. The summed E-state index contributed by atoms with van der Waals surface area (Å²) in [7, 11) is 0. The van der Waals surface area contributed by atoms with Crippen molar-refractivity contribution in [3.63, 3.8) is 0 Å². The van der Waals surface area contributed by atoms with Crippen molar-refractivity contribution in [1.29, 1.82) is 0 Å². The lowest BCUT2D eigenvalue weighted by atomic mass is 10.1. The summed E-state index contributed by atoms with van der Waals surface area (Å²) in [6, 6.07) is 11.3. The van der Waals surface area contributed by atoms with Crippen molar-refractivity contribution in [2.75, 3.05) is 5.73 Å². The van der Waals surface area contributed by atoms with Crippen LogP contribution in [-0.4, -0.2) is 11.8 Å². The van der Waals surface area contributed by atoms with Crippen molar-refractivity contribution in [3.8, 4) is 5.75 Å². The van der Waals surface area contributed by atoms with Crippen LogP contribution in [0.15, 0.2) is 42.5 Å². The SMILES string of the molecule is NC(=O)c1ccc(COc2ccc(N)cc2C(N)=O)cc1. The fraction of sp³-hybridized carbons (Fsp3) is 0.0667. The molecule has 0 atom stereocenters. The average Bonchev–Trinajstić information content (AvgIpc) is 2.46. The number of nitrogens with two attached hydrogens (primary N) is 3. The van der Waals surface area contributed by atoms with E-state index in [1.165, 1.54) is 6.07 Å². The molecule has 0 unspecified atom stereocenters. The fourth-order valence-electron chi connectivity index (χ4n) is 1.79. The highest BCUT2D eigenvalue weighted by molar-refractivity contribution is 5.96. The maximum Gasteiger partial charge on any atom is 0.252 e. The zero-order valence-electron chi connectivity index (χ0n) is 11.2. The first-order valence-electron chi connectivity index (χ1n) is 6.18. The van der Waals surface area contributed by atoms with Gasteiger partial charge < -0.3 is 21.9 Å². The van der Waals surface area contributed by atoms with Crippen molar-refractivity contribution < 1.29 is 14.3 Å². The van der Waals surface area contributed by atoms with E-state index in [9.17, 15) is 9.59 Å². The quantitative estimate of drug-likeness (QED) is 0.710. The number of anilines is 1. The molecule has 0 aliphatic rings. The van der Waals surface area contributed by atoms with E-state index in [4.69, 9.17) is 21.9 Å². The molecular formula is C15H15N3O3. The van der Waals surface area contributed by atoms with Crippen LogP contribution in [-0.2, 0) is 6.61 Å². The Bertz CT molecular complexity index is 681. The molecule has 6 heteroatoms. The van der Waals surface area contributed by atoms with Crippen molar-refractivity contribution in [1.82, 2.24) is 0 Å². The maximum absolute atomic E-state index is 11.3. The number of carbonyl (C=O) groups is 2. The summed E-state index contributed by atoms with van der Waals surface area (Å²) in [4.78, 5) is 22.3. The summed E-state index contributed by atoms with van der Waals surface area (Å²) in [6.07, 6.45) is 0. The molecule has 108 valence electrons. The van der Waals surface area contributed by atoms with E-state index in [0.717, 1.165) is 5.56 Å². The molecule has 2 rings (SSSR count). The largest absolute Gasteiger partial charge is 0.488 e. The standard InChI is InChI=1S/C15H15N3O3/c16-11-5-6-13(12(7-11)15(18)20)21-8-9-1-3-10(4-2-9)14(17)19/h1-7H,8,16H2,(H2,17,19)(H2,18,20). The summed E-state index contributed by atoms with van der Waals surface area (Å²) in [6.45, 7) is 0.225. The van der Waals surface area contributed by atoms with E-state index >= 15 is 0 Å². The zero-order valence-corrected chi connectivity index (χ0v) is 11.2. The Labute approximate surface area is 121 Å². The van der Waals surface area contributed by atoms with Gasteiger partial charge >= 0.3 is 0 Å². The van der Waals surface area contributed by atoms with Gasteiger partial charge in [0.05, 0.1) is 5.56 Å². The van der Waals surface area contributed by atoms with E-state index in [2.05, 4.69) is 0 Å². The smallest absolute Gasteiger partial charge is 0.252 e. The van der Waals surface area contributed by atoms with E-state index < -0.39 is 11.8 Å². The molecule has 2 aromatic rings. The third-order valence-corrected chi connectivity index (χ3v) is 2.90. The van der Waals surface area contributed by atoms with Gasteiger partial charge in [0.25, 0.3) is 5.91 Å². The van der Waals surface area contributed by atoms with Gasteiger partial charge in [-0.1, -0.05) is 12.1 Å². The number of primary amides is 2. The van der Waals surface area contributed by atoms with Crippen LogP contribution in [0.1, 0.15) is 26.3 Å². The number of carbonyl (C=O) groups excluding carboxylic acids is 2. The number of rotatable bonds is 5. The predicted octanol–water partition coefficient (Wildman–Crippen LogP) is 1.05. The van der Waals surface area contributed by atoms with Crippen LogP contribution in [0.3, 0.4) is 0 Å². The maximum atomic E-state index is 11.3. The highest BCUT2D eigenvalue weighted by atomic mass is 16.5. The first-order chi connectivity index (χ1) is 9.97. The zero-order chi connectivity index (χ0) is 15.4. The van der Waals surface area contributed by atoms with E-state index in [1.54, 1.807) is 36.4 Å². The molecule has 0 heterocycles. The van der Waals surface area contributed by atoms with Crippen molar-refractivity contribution in [2.24, 2.45) is 11.5 Å². The lowest BCUT2D eigenvalue weighted by Crippen LogP contribution is -2.13. The number of ether oxygens (including phenoxy) is 1. The Morgan fingerprint density at radius 2 is 1.62 bits per heavy atom. The molecule has 0 saturated heterocycles. The summed E-state index contributed by atoms with van der Waals surface area (Å²) < 4.78 is 5.57. The van der Waals surface area contributed by atoms with Crippen LogP contribution in [0.5, 0.6) is 5.75 Å². The Morgan fingerprint density at radius 1 is 0.952 bits per heavy atom. The molecule has 0 bridgehead atoms. The lowest BCUT2D eigenvalue weighted by Gasteiger charge is -2.10. The second-order valence-electron chi connectivity index (χ2n) is 4.47. The third-order valence-electron chi connectivity index (χ3n) is 2.90. The van der Waals surface area contributed by atoms with Gasteiger partial charge in [-0.3, -0.25) is 9.59 Å². The van der Waals surface area contributed by atoms with Gasteiger partial charge in [0.15, 0.2) is 0 Å².